The van der Waals surface area contributed by atoms with Crippen LogP contribution in [0, 0.1) is 6.92 Å². The highest BCUT2D eigenvalue weighted by Gasteiger charge is 2.04. The second-order valence-electron chi connectivity index (χ2n) is 4.12. The first-order valence-electron chi connectivity index (χ1n) is 6.09. The summed E-state index contributed by atoms with van der Waals surface area (Å²) in [5.41, 5.74) is 1.52. The van der Waals surface area contributed by atoms with Crippen molar-refractivity contribution >= 4 is 23.1 Å². The number of carbonyl (C=O) groups is 1. The van der Waals surface area contributed by atoms with Crippen LogP contribution in [0.3, 0.4) is 0 Å². The molecule has 0 fully saturated rings. The Kier molecular flexibility index (Phi) is 3.80. The Bertz CT molecular complexity index is 698. The summed E-state index contributed by atoms with van der Waals surface area (Å²) in [6.07, 6.45) is 2.70. The average Bonchev–Trinajstić information content (AvgIpc) is 2.39. The second kappa shape index (κ2) is 5.52. The normalized spacial score (nSPS) is 11.1. The van der Waals surface area contributed by atoms with Gasteiger partial charge in [-0.1, -0.05) is 18.2 Å². The molecule has 1 aromatic carbocycles. The Morgan fingerprint density at radius 3 is 2.84 bits per heavy atom. The van der Waals surface area contributed by atoms with Crippen LogP contribution in [-0.2, 0) is 9.53 Å². The van der Waals surface area contributed by atoms with E-state index in [2.05, 4.69) is 0 Å². The highest BCUT2D eigenvalue weighted by Crippen LogP contribution is 2.15. The molecule has 4 nitrogen and oxygen atoms in total. The molecular weight excluding hydrogens is 242 g/mol. The van der Waals surface area contributed by atoms with Gasteiger partial charge in [0.1, 0.15) is 0 Å². The van der Waals surface area contributed by atoms with E-state index in [1.807, 2.05) is 31.2 Å². The summed E-state index contributed by atoms with van der Waals surface area (Å²) in [7, 11) is 0. The Balaban J connectivity index is 2.54. The molecule has 0 spiro atoms. The summed E-state index contributed by atoms with van der Waals surface area (Å²) in [6, 6.07) is 9.12. The lowest BCUT2D eigenvalue weighted by atomic mass is 10.1. The van der Waals surface area contributed by atoms with E-state index in [-0.39, 0.29) is 5.56 Å². The molecule has 0 atom stereocenters. The van der Waals surface area contributed by atoms with Gasteiger partial charge in [-0.3, -0.25) is 9.36 Å². The molecule has 0 saturated carbocycles. The fraction of sp³-hybridized carbons (Fsp3) is 0.200. The van der Waals surface area contributed by atoms with Crippen LogP contribution < -0.4 is 5.56 Å². The van der Waals surface area contributed by atoms with Gasteiger partial charge in [-0.25, -0.2) is 4.79 Å². The number of ether oxygens (including phenoxy) is 1. The van der Waals surface area contributed by atoms with E-state index in [4.69, 9.17) is 4.74 Å². The van der Waals surface area contributed by atoms with Crippen molar-refractivity contribution in [1.82, 2.24) is 4.57 Å². The van der Waals surface area contributed by atoms with Crippen molar-refractivity contribution in [2.45, 2.75) is 13.8 Å². The molecule has 0 bridgehead atoms. The summed E-state index contributed by atoms with van der Waals surface area (Å²) in [6.45, 7) is 3.94. The molecule has 0 aliphatic rings. The number of rotatable bonds is 3. The van der Waals surface area contributed by atoms with Crippen LogP contribution in [0.5, 0.6) is 0 Å². The van der Waals surface area contributed by atoms with Crippen LogP contribution in [-0.4, -0.2) is 17.1 Å². The molecule has 4 heteroatoms. The number of fused-ring (bicyclic) bond motifs is 1. The summed E-state index contributed by atoms with van der Waals surface area (Å²) < 4.78 is 6.24. The van der Waals surface area contributed by atoms with Crippen LogP contribution in [0.25, 0.3) is 17.1 Å². The van der Waals surface area contributed by atoms with Crippen LogP contribution in [0.4, 0.5) is 0 Å². The summed E-state index contributed by atoms with van der Waals surface area (Å²) in [5.74, 6) is -0.459. The lowest BCUT2D eigenvalue weighted by Gasteiger charge is -2.07. The van der Waals surface area contributed by atoms with Gasteiger partial charge in [0, 0.05) is 23.7 Å². The van der Waals surface area contributed by atoms with E-state index >= 15 is 0 Å². The number of aryl methyl sites for hydroxylation is 1. The third-order valence-electron chi connectivity index (χ3n) is 2.81. The molecule has 0 aliphatic carbocycles. The molecule has 19 heavy (non-hydrogen) atoms. The maximum absolute atomic E-state index is 12.0. The van der Waals surface area contributed by atoms with Gasteiger partial charge in [-0.15, -0.1) is 0 Å². The van der Waals surface area contributed by atoms with Crippen LogP contribution >= 0.6 is 0 Å². The predicted molar refractivity (Wildman–Crippen MR) is 74.9 cm³/mol. The number of nitrogens with zero attached hydrogens (tertiary/aromatic N) is 1. The number of esters is 1. The third kappa shape index (κ3) is 2.73. The SMILES string of the molecule is CCOC(=O)/C=C/n1c(=O)cc(C)c2ccccc21. The molecule has 0 radical (unpaired) electrons. The molecule has 0 N–H and O–H groups in total. The second-order valence-corrected chi connectivity index (χ2v) is 4.12. The van der Waals surface area contributed by atoms with Gasteiger partial charge in [-0.05, 0) is 25.5 Å². The highest BCUT2D eigenvalue weighted by atomic mass is 16.5. The number of aromatic nitrogens is 1. The molecular formula is C15H15NO3. The van der Waals surface area contributed by atoms with Crippen molar-refractivity contribution in [3.63, 3.8) is 0 Å². The van der Waals surface area contributed by atoms with E-state index in [0.29, 0.717) is 6.61 Å². The van der Waals surface area contributed by atoms with Crippen LogP contribution in [0.2, 0.25) is 0 Å². The number of hydrogen-bond acceptors (Lipinski definition) is 3. The fourth-order valence-electron chi connectivity index (χ4n) is 1.95. The molecule has 2 rings (SSSR count). The smallest absolute Gasteiger partial charge is 0.332 e. The predicted octanol–water partition coefficient (Wildman–Crippen LogP) is 2.34. The number of para-hydroxylation sites is 1. The summed E-state index contributed by atoms with van der Waals surface area (Å²) in [5, 5.41) is 0.982. The topological polar surface area (TPSA) is 48.3 Å². The summed E-state index contributed by atoms with van der Waals surface area (Å²) in [4.78, 5) is 23.3. The number of hydrogen-bond donors (Lipinski definition) is 0. The first-order valence-corrected chi connectivity index (χ1v) is 6.09. The zero-order valence-corrected chi connectivity index (χ0v) is 10.9. The minimum atomic E-state index is -0.459. The van der Waals surface area contributed by atoms with Crippen molar-refractivity contribution in [2.24, 2.45) is 0 Å². The average molecular weight is 257 g/mol. The van der Waals surface area contributed by atoms with Crippen molar-refractivity contribution in [3.05, 3.63) is 52.3 Å². The van der Waals surface area contributed by atoms with Crippen molar-refractivity contribution in [3.8, 4) is 0 Å². The zero-order chi connectivity index (χ0) is 13.8. The lowest BCUT2D eigenvalue weighted by Crippen LogP contribution is -2.16. The molecule has 98 valence electrons. The number of carbonyl (C=O) groups excluding carboxylic acids is 1. The standard InChI is InChI=1S/C15H15NO3/c1-3-19-15(18)8-9-16-13-7-5-4-6-12(13)11(2)10-14(16)17/h4-10H,3H2,1-2H3/b9-8+. The maximum atomic E-state index is 12.0. The number of benzene rings is 1. The quantitative estimate of drug-likeness (QED) is 0.626. The van der Waals surface area contributed by atoms with Gasteiger partial charge in [-0.2, -0.15) is 0 Å². The Labute approximate surface area is 110 Å². The van der Waals surface area contributed by atoms with E-state index in [1.54, 1.807) is 13.0 Å². The van der Waals surface area contributed by atoms with E-state index < -0.39 is 5.97 Å². The van der Waals surface area contributed by atoms with Gasteiger partial charge in [0.15, 0.2) is 0 Å². The Hall–Kier alpha value is -2.36. The van der Waals surface area contributed by atoms with Gasteiger partial charge in [0.2, 0.25) is 0 Å². The first kappa shape index (κ1) is 13.1. The molecule has 0 saturated heterocycles. The first-order chi connectivity index (χ1) is 9.13. The van der Waals surface area contributed by atoms with Crippen molar-refractivity contribution in [2.75, 3.05) is 6.61 Å². The Morgan fingerprint density at radius 1 is 1.37 bits per heavy atom. The van der Waals surface area contributed by atoms with Crippen molar-refractivity contribution < 1.29 is 9.53 Å². The molecule has 0 aliphatic heterocycles. The molecule has 0 amide bonds. The summed E-state index contributed by atoms with van der Waals surface area (Å²) >= 11 is 0. The van der Waals surface area contributed by atoms with Crippen molar-refractivity contribution in [1.29, 1.82) is 0 Å². The Morgan fingerprint density at radius 2 is 2.11 bits per heavy atom. The zero-order valence-electron chi connectivity index (χ0n) is 10.9. The minimum Gasteiger partial charge on any atom is -0.463 e. The maximum Gasteiger partial charge on any atom is 0.332 e. The molecule has 2 aromatic rings. The van der Waals surface area contributed by atoms with Crippen LogP contribution in [0.15, 0.2) is 41.2 Å². The van der Waals surface area contributed by atoms with Gasteiger partial charge < -0.3 is 4.74 Å². The molecule has 0 unspecified atom stereocenters. The van der Waals surface area contributed by atoms with Gasteiger partial charge >= 0.3 is 5.97 Å². The third-order valence-corrected chi connectivity index (χ3v) is 2.81. The van der Waals surface area contributed by atoms with E-state index in [0.717, 1.165) is 16.5 Å². The molecule has 1 aromatic heterocycles. The van der Waals surface area contributed by atoms with E-state index in [9.17, 15) is 9.59 Å². The van der Waals surface area contributed by atoms with E-state index in [1.165, 1.54) is 16.8 Å². The minimum absolute atomic E-state index is 0.170. The van der Waals surface area contributed by atoms with Gasteiger partial charge in [0.25, 0.3) is 5.56 Å². The molecule has 1 heterocycles. The largest absolute Gasteiger partial charge is 0.463 e. The monoisotopic (exact) mass is 257 g/mol. The van der Waals surface area contributed by atoms with Crippen LogP contribution in [0.1, 0.15) is 12.5 Å². The number of pyridine rings is 1. The fourth-order valence-corrected chi connectivity index (χ4v) is 1.95. The lowest BCUT2D eigenvalue weighted by molar-refractivity contribution is -0.137. The highest BCUT2D eigenvalue weighted by molar-refractivity contribution is 5.88. The van der Waals surface area contributed by atoms with Gasteiger partial charge in [0.05, 0.1) is 12.1 Å².